The Morgan fingerprint density at radius 2 is 2.09 bits per heavy atom. The van der Waals surface area contributed by atoms with Gasteiger partial charge in [-0.25, -0.2) is 0 Å². The van der Waals surface area contributed by atoms with E-state index in [4.69, 9.17) is 4.74 Å². The largest absolute Gasteiger partial charge is 0.370 e. The van der Waals surface area contributed by atoms with Crippen LogP contribution >= 0.6 is 0 Å². The van der Waals surface area contributed by atoms with Gasteiger partial charge in [-0.15, -0.1) is 0 Å². The highest BCUT2D eigenvalue weighted by Crippen LogP contribution is 2.22. The standard InChI is InChI=1S/C17H24N2O3/c1-3-7-16(20)18-13(2)17(21)19-10-11-22-15(12-19)14-8-5-4-6-9-14/h4-6,8-9,13,15H,3,7,10-12H2,1-2H3,(H,18,20)/t13-,15?/m0/s1. The third kappa shape index (κ3) is 4.31. The second kappa shape index (κ2) is 7.94. The van der Waals surface area contributed by atoms with E-state index in [-0.39, 0.29) is 17.9 Å². The monoisotopic (exact) mass is 304 g/mol. The minimum Gasteiger partial charge on any atom is -0.370 e. The van der Waals surface area contributed by atoms with Crippen molar-refractivity contribution in [1.29, 1.82) is 0 Å². The molecule has 2 rings (SSSR count). The third-order valence-electron chi connectivity index (χ3n) is 3.77. The van der Waals surface area contributed by atoms with Crippen LogP contribution in [0.2, 0.25) is 0 Å². The lowest BCUT2D eigenvalue weighted by atomic mass is 10.1. The highest BCUT2D eigenvalue weighted by molar-refractivity contribution is 5.87. The number of carbonyl (C=O) groups is 2. The molecule has 0 saturated carbocycles. The topological polar surface area (TPSA) is 58.6 Å². The highest BCUT2D eigenvalue weighted by Gasteiger charge is 2.28. The maximum absolute atomic E-state index is 12.5. The molecule has 1 aliphatic heterocycles. The molecule has 0 spiro atoms. The Hall–Kier alpha value is -1.88. The summed E-state index contributed by atoms with van der Waals surface area (Å²) in [5, 5.41) is 2.76. The Bertz CT molecular complexity index is 504. The van der Waals surface area contributed by atoms with Crippen LogP contribution in [-0.2, 0) is 14.3 Å². The number of carbonyl (C=O) groups excluding carboxylic acids is 2. The van der Waals surface area contributed by atoms with E-state index in [0.29, 0.717) is 26.1 Å². The first-order valence-corrected chi connectivity index (χ1v) is 7.86. The number of rotatable bonds is 5. The van der Waals surface area contributed by atoms with Crippen LogP contribution < -0.4 is 5.32 Å². The molecular weight excluding hydrogens is 280 g/mol. The van der Waals surface area contributed by atoms with Crippen molar-refractivity contribution in [3.8, 4) is 0 Å². The number of hydrogen-bond donors (Lipinski definition) is 1. The SMILES string of the molecule is CCCC(=O)N[C@@H](C)C(=O)N1CCOC(c2ccccc2)C1. The molecule has 0 aliphatic carbocycles. The fourth-order valence-corrected chi connectivity index (χ4v) is 2.60. The molecule has 1 aliphatic rings. The number of morpholine rings is 1. The summed E-state index contributed by atoms with van der Waals surface area (Å²) >= 11 is 0. The van der Waals surface area contributed by atoms with Gasteiger partial charge in [0.1, 0.15) is 12.1 Å². The predicted molar refractivity (Wildman–Crippen MR) is 84.2 cm³/mol. The molecule has 2 amide bonds. The molecular formula is C17H24N2O3. The Morgan fingerprint density at radius 1 is 1.36 bits per heavy atom. The van der Waals surface area contributed by atoms with E-state index in [9.17, 15) is 9.59 Å². The molecule has 0 bridgehead atoms. The lowest BCUT2D eigenvalue weighted by Crippen LogP contribution is -2.51. The molecule has 120 valence electrons. The molecule has 2 atom stereocenters. The molecule has 1 heterocycles. The Balaban J connectivity index is 1.94. The summed E-state index contributed by atoms with van der Waals surface area (Å²) in [6.07, 6.45) is 1.13. The molecule has 5 nitrogen and oxygen atoms in total. The average molecular weight is 304 g/mol. The summed E-state index contributed by atoms with van der Waals surface area (Å²) in [6.45, 7) is 5.29. The zero-order valence-electron chi connectivity index (χ0n) is 13.2. The van der Waals surface area contributed by atoms with Gasteiger partial charge in [-0.05, 0) is 18.9 Å². The molecule has 0 radical (unpaired) electrons. The Labute approximate surface area is 131 Å². The van der Waals surface area contributed by atoms with E-state index >= 15 is 0 Å². The summed E-state index contributed by atoms with van der Waals surface area (Å²) in [6, 6.07) is 9.41. The van der Waals surface area contributed by atoms with E-state index in [1.54, 1.807) is 11.8 Å². The van der Waals surface area contributed by atoms with Gasteiger partial charge in [0.05, 0.1) is 13.2 Å². The first-order chi connectivity index (χ1) is 10.6. The summed E-state index contributed by atoms with van der Waals surface area (Å²) in [5.41, 5.74) is 1.07. The van der Waals surface area contributed by atoms with Gasteiger partial charge in [-0.1, -0.05) is 37.3 Å². The van der Waals surface area contributed by atoms with E-state index in [2.05, 4.69) is 5.32 Å². The van der Waals surface area contributed by atoms with Gasteiger partial charge in [0.25, 0.3) is 0 Å². The van der Waals surface area contributed by atoms with Crippen LogP contribution in [0.25, 0.3) is 0 Å². The van der Waals surface area contributed by atoms with Crippen LogP contribution in [0.4, 0.5) is 0 Å². The molecule has 1 saturated heterocycles. The Morgan fingerprint density at radius 3 is 2.77 bits per heavy atom. The molecule has 1 aromatic rings. The van der Waals surface area contributed by atoms with Crippen LogP contribution in [0.3, 0.4) is 0 Å². The molecule has 0 aromatic heterocycles. The molecule has 1 aromatic carbocycles. The normalized spacial score (nSPS) is 19.5. The van der Waals surface area contributed by atoms with Crippen molar-refractivity contribution < 1.29 is 14.3 Å². The van der Waals surface area contributed by atoms with Gasteiger partial charge >= 0.3 is 0 Å². The summed E-state index contributed by atoms with van der Waals surface area (Å²) in [7, 11) is 0. The van der Waals surface area contributed by atoms with Crippen molar-refractivity contribution in [2.45, 2.75) is 38.8 Å². The Kier molecular flexibility index (Phi) is 5.95. The van der Waals surface area contributed by atoms with Gasteiger partial charge in [0, 0.05) is 13.0 Å². The van der Waals surface area contributed by atoms with E-state index < -0.39 is 6.04 Å². The second-order valence-corrected chi connectivity index (χ2v) is 5.59. The smallest absolute Gasteiger partial charge is 0.245 e. The van der Waals surface area contributed by atoms with Gasteiger partial charge in [0.15, 0.2) is 0 Å². The first kappa shape index (κ1) is 16.5. The maximum atomic E-state index is 12.5. The number of ether oxygens (including phenoxy) is 1. The average Bonchev–Trinajstić information content (AvgIpc) is 2.55. The number of amides is 2. The van der Waals surface area contributed by atoms with Gasteiger partial charge in [-0.3, -0.25) is 9.59 Å². The lowest BCUT2D eigenvalue weighted by molar-refractivity contribution is -0.142. The van der Waals surface area contributed by atoms with E-state index in [1.165, 1.54) is 0 Å². The summed E-state index contributed by atoms with van der Waals surface area (Å²) in [5.74, 6) is -0.120. The van der Waals surface area contributed by atoms with Gasteiger partial charge in [-0.2, -0.15) is 0 Å². The predicted octanol–water partition coefficient (Wildman–Crippen LogP) is 1.89. The summed E-state index contributed by atoms with van der Waals surface area (Å²) in [4.78, 5) is 25.9. The minimum absolute atomic E-state index is 0.0475. The van der Waals surface area contributed by atoms with Crippen molar-refractivity contribution >= 4 is 11.8 Å². The summed E-state index contributed by atoms with van der Waals surface area (Å²) < 4.78 is 5.76. The van der Waals surface area contributed by atoms with Crippen LogP contribution in [-0.4, -0.2) is 42.5 Å². The molecule has 22 heavy (non-hydrogen) atoms. The van der Waals surface area contributed by atoms with Crippen LogP contribution in [0, 0.1) is 0 Å². The zero-order chi connectivity index (χ0) is 15.9. The van der Waals surface area contributed by atoms with Gasteiger partial charge < -0.3 is 15.0 Å². The van der Waals surface area contributed by atoms with Crippen LogP contribution in [0.1, 0.15) is 38.4 Å². The number of hydrogen-bond acceptors (Lipinski definition) is 3. The van der Waals surface area contributed by atoms with Crippen molar-refractivity contribution in [3.05, 3.63) is 35.9 Å². The lowest BCUT2D eigenvalue weighted by Gasteiger charge is -2.34. The van der Waals surface area contributed by atoms with Crippen molar-refractivity contribution in [3.63, 3.8) is 0 Å². The molecule has 1 N–H and O–H groups in total. The minimum atomic E-state index is -0.492. The quantitative estimate of drug-likeness (QED) is 0.904. The molecule has 5 heteroatoms. The van der Waals surface area contributed by atoms with Crippen molar-refractivity contribution in [2.75, 3.05) is 19.7 Å². The van der Waals surface area contributed by atoms with Crippen LogP contribution in [0.5, 0.6) is 0 Å². The third-order valence-corrected chi connectivity index (χ3v) is 3.77. The zero-order valence-corrected chi connectivity index (χ0v) is 13.2. The number of nitrogens with zero attached hydrogens (tertiary/aromatic N) is 1. The maximum Gasteiger partial charge on any atom is 0.245 e. The van der Waals surface area contributed by atoms with Crippen molar-refractivity contribution in [2.24, 2.45) is 0 Å². The van der Waals surface area contributed by atoms with E-state index in [0.717, 1.165) is 12.0 Å². The second-order valence-electron chi connectivity index (χ2n) is 5.59. The van der Waals surface area contributed by atoms with E-state index in [1.807, 2.05) is 37.3 Å². The van der Waals surface area contributed by atoms with Gasteiger partial charge in [0.2, 0.25) is 11.8 Å². The highest BCUT2D eigenvalue weighted by atomic mass is 16.5. The molecule has 1 fully saturated rings. The van der Waals surface area contributed by atoms with Crippen LogP contribution in [0.15, 0.2) is 30.3 Å². The number of nitrogens with one attached hydrogen (secondary N) is 1. The number of benzene rings is 1. The fraction of sp³-hybridized carbons (Fsp3) is 0.529. The van der Waals surface area contributed by atoms with Crippen molar-refractivity contribution in [1.82, 2.24) is 10.2 Å². The first-order valence-electron chi connectivity index (χ1n) is 7.86. The fourth-order valence-electron chi connectivity index (χ4n) is 2.60. The molecule has 1 unspecified atom stereocenters.